The Bertz CT molecular complexity index is 894. The van der Waals surface area contributed by atoms with E-state index in [9.17, 15) is 29.1 Å². The standard InChI is InChI=1S/C24H38N6O6/c1-14(2)20(24(35)36)30-22(33)17(10-6-7-11-25)28-23(34)18(12-15-8-4-3-5-9-15)29-21(32)16(26)13-19(27)31/h3-5,8-9,14,16-18,20H,6-7,10-13,25-26H2,1-2H3,(H2,27,31)(H,28,34)(H,29,32)(H,30,33)(H,35,36). The van der Waals surface area contributed by atoms with E-state index < -0.39 is 60.2 Å². The summed E-state index contributed by atoms with van der Waals surface area (Å²) in [5.74, 6) is -4.41. The number of unbranched alkanes of at least 4 members (excludes halogenated alkanes) is 1. The molecule has 0 aromatic heterocycles. The van der Waals surface area contributed by atoms with Crippen molar-refractivity contribution in [2.24, 2.45) is 23.1 Å². The topological polar surface area (TPSA) is 220 Å². The zero-order valence-corrected chi connectivity index (χ0v) is 20.7. The van der Waals surface area contributed by atoms with Crippen molar-refractivity contribution in [3.8, 4) is 0 Å². The Hall–Kier alpha value is -3.51. The minimum Gasteiger partial charge on any atom is -0.480 e. The minimum absolute atomic E-state index is 0.0859. The maximum atomic E-state index is 13.2. The van der Waals surface area contributed by atoms with Gasteiger partial charge in [0.15, 0.2) is 0 Å². The fraction of sp³-hybridized carbons (Fsp3) is 0.542. The Morgan fingerprint density at radius 2 is 1.47 bits per heavy atom. The predicted octanol–water partition coefficient (Wildman–Crippen LogP) is -1.24. The zero-order valence-electron chi connectivity index (χ0n) is 20.7. The van der Waals surface area contributed by atoms with Gasteiger partial charge in [0.05, 0.1) is 12.5 Å². The lowest BCUT2D eigenvalue weighted by Gasteiger charge is -2.26. The number of hydrogen-bond donors (Lipinski definition) is 7. The van der Waals surface area contributed by atoms with E-state index in [0.717, 1.165) is 5.56 Å². The molecular weight excluding hydrogens is 468 g/mol. The van der Waals surface area contributed by atoms with Crippen LogP contribution in [-0.4, -0.2) is 65.4 Å². The number of carbonyl (C=O) groups excluding carboxylic acids is 4. The molecule has 0 spiro atoms. The summed E-state index contributed by atoms with van der Waals surface area (Å²) < 4.78 is 0. The lowest BCUT2D eigenvalue weighted by Crippen LogP contribution is -2.58. The van der Waals surface area contributed by atoms with Gasteiger partial charge in [-0.3, -0.25) is 19.2 Å². The first kappa shape index (κ1) is 30.5. The predicted molar refractivity (Wildman–Crippen MR) is 133 cm³/mol. The SMILES string of the molecule is CC(C)C(NC(=O)C(CCCCN)NC(=O)C(Cc1ccccc1)NC(=O)C(N)CC(N)=O)C(=O)O. The molecular formula is C24H38N6O6. The first-order valence-electron chi connectivity index (χ1n) is 11.9. The van der Waals surface area contributed by atoms with Crippen molar-refractivity contribution < 1.29 is 29.1 Å². The normalized spacial score (nSPS) is 14.2. The fourth-order valence-corrected chi connectivity index (χ4v) is 3.45. The molecule has 4 unspecified atom stereocenters. The van der Waals surface area contributed by atoms with E-state index in [1.165, 1.54) is 0 Å². The number of carbonyl (C=O) groups is 5. The Kier molecular flexibility index (Phi) is 13.1. The van der Waals surface area contributed by atoms with Crippen LogP contribution >= 0.6 is 0 Å². The van der Waals surface area contributed by atoms with Crippen LogP contribution in [0, 0.1) is 5.92 Å². The molecule has 0 fully saturated rings. The van der Waals surface area contributed by atoms with Crippen molar-refractivity contribution in [2.75, 3.05) is 6.54 Å². The summed E-state index contributed by atoms with van der Waals surface area (Å²) in [6.07, 6.45) is 1.00. The highest BCUT2D eigenvalue weighted by molar-refractivity contribution is 5.95. The highest BCUT2D eigenvalue weighted by Crippen LogP contribution is 2.08. The molecule has 0 aliphatic heterocycles. The molecule has 0 aliphatic carbocycles. The largest absolute Gasteiger partial charge is 0.480 e. The first-order valence-corrected chi connectivity index (χ1v) is 11.9. The van der Waals surface area contributed by atoms with Gasteiger partial charge >= 0.3 is 5.97 Å². The molecule has 1 rings (SSSR count). The molecule has 0 saturated heterocycles. The monoisotopic (exact) mass is 506 g/mol. The third kappa shape index (κ3) is 10.8. The quantitative estimate of drug-likeness (QED) is 0.134. The number of rotatable bonds is 16. The zero-order chi connectivity index (χ0) is 27.3. The lowest BCUT2D eigenvalue weighted by molar-refractivity contribution is -0.143. The maximum absolute atomic E-state index is 13.2. The molecule has 4 atom stereocenters. The van der Waals surface area contributed by atoms with Crippen molar-refractivity contribution in [3.05, 3.63) is 35.9 Å². The van der Waals surface area contributed by atoms with Crippen molar-refractivity contribution >= 4 is 29.6 Å². The lowest BCUT2D eigenvalue weighted by atomic mass is 10.0. The van der Waals surface area contributed by atoms with Gasteiger partial charge in [0, 0.05) is 6.42 Å². The number of carboxylic acid groups (broad SMARTS) is 1. The van der Waals surface area contributed by atoms with Crippen LogP contribution in [0.5, 0.6) is 0 Å². The third-order valence-electron chi connectivity index (χ3n) is 5.48. The van der Waals surface area contributed by atoms with Crippen LogP contribution < -0.4 is 33.2 Å². The third-order valence-corrected chi connectivity index (χ3v) is 5.48. The van der Waals surface area contributed by atoms with E-state index in [-0.39, 0.29) is 18.8 Å². The molecule has 4 amide bonds. The molecule has 1 aromatic rings. The van der Waals surface area contributed by atoms with Crippen molar-refractivity contribution in [2.45, 2.75) is 70.1 Å². The number of amides is 4. The molecule has 12 heteroatoms. The molecule has 0 aliphatic rings. The van der Waals surface area contributed by atoms with Gasteiger partial charge in [0.25, 0.3) is 0 Å². The van der Waals surface area contributed by atoms with E-state index >= 15 is 0 Å². The van der Waals surface area contributed by atoms with Crippen LogP contribution in [0.15, 0.2) is 30.3 Å². The van der Waals surface area contributed by atoms with Gasteiger partial charge in [0.2, 0.25) is 23.6 Å². The molecule has 12 nitrogen and oxygen atoms in total. The van der Waals surface area contributed by atoms with Crippen molar-refractivity contribution in [1.82, 2.24) is 16.0 Å². The summed E-state index contributed by atoms with van der Waals surface area (Å²) in [6.45, 7) is 3.69. The summed E-state index contributed by atoms with van der Waals surface area (Å²) in [4.78, 5) is 61.4. The average molecular weight is 507 g/mol. The summed E-state index contributed by atoms with van der Waals surface area (Å²) in [7, 11) is 0. The molecule has 1 aromatic carbocycles. The van der Waals surface area contributed by atoms with E-state index in [1.54, 1.807) is 44.2 Å². The minimum atomic E-state index is -1.25. The van der Waals surface area contributed by atoms with Gasteiger partial charge in [0.1, 0.15) is 18.1 Å². The number of nitrogens with two attached hydrogens (primary N) is 3. The van der Waals surface area contributed by atoms with Gasteiger partial charge in [-0.2, -0.15) is 0 Å². The van der Waals surface area contributed by atoms with Crippen LogP contribution in [0.4, 0.5) is 0 Å². The Morgan fingerprint density at radius 1 is 0.889 bits per heavy atom. The fourth-order valence-electron chi connectivity index (χ4n) is 3.45. The number of benzene rings is 1. The van der Waals surface area contributed by atoms with Crippen LogP contribution in [0.2, 0.25) is 0 Å². The molecule has 0 bridgehead atoms. The number of primary amides is 1. The van der Waals surface area contributed by atoms with Crippen LogP contribution in [0.25, 0.3) is 0 Å². The molecule has 10 N–H and O–H groups in total. The maximum Gasteiger partial charge on any atom is 0.326 e. The van der Waals surface area contributed by atoms with E-state index in [1.807, 2.05) is 0 Å². The second kappa shape index (κ2) is 15.5. The summed E-state index contributed by atoms with van der Waals surface area (Å²) in [6, 6.07) is 4.30. The molecule has 0 heterocycles. The second-order valence-electron chi connectivity index (χ2n) is 8.94. The summed E-state index contributed by atoms with van der Waals surface area (Å²) in [5.41, 5.74) is 17.1. The number of nitrogens with one attached hydrogen (secondary N) is 3. The van der Waals surface area contributed by atoms with E-state index in [0.29, 0.717) is 19.4 Å². The van der Waals surface area contributed by atoms with E-state index in [2.05, 4.69) is 16.0 Å². The second-order valence-corrected chi connectivity index (χ2v) is 8.94. The smallest absolute Gasteiger partial charge is 0.326 e. The van der Waals surface area contributed by atoms with Gasteiger partial charge in [-0.1, -0.05) is 44.2 Å². The number of carboxylic acids is 1. The number of aliphatic carboxylic acids is 1. The summed E-state index contributed by atoms with van der Waals surface area (Å²) in [5, 5.41) is 17.1. The molecule has 0 saturated carbocycles. The van der Waals surface area contributed by atoms with Crippen LogP contribution in [0.1, 0.15) is 45.1 Å². The highest BCUT2D eigenvalue weighted by Gasteiger charge is 2.31. The Labute approximate surface area is 210 Å². The van der Waals surface area contributed by atoms with Crippen molar-refractivity contribution in [1.29, 1.82) is 0 Å². The summed E-state index contributed by atoms with van der Waals surface area (Å²) >= 11 is 0. The van der Waals surface area contributed by atoms with Crippen LogP contribution in [-0.2, 0) is 30.4 Å². The van der Waals surface area contributed by atoms with Crippen LogP contribution in [0.3, 0.4) is 0 Å². The van der Waals surface area contributed by atoms with Crippen molar-refractivity contribution in [3.63, 3.8) is 0 Å². The van der Waals surface area contributed by atoms with Gasteiger partial charge in [-0.05, 0) is 37.3 Å². The van der Waals surface area contributed by atoms with E-state index in [4.69, 9.17) is 17.2 Å². The molecule has 36 heavy (non-hydrogen) atoms. The Morgan fingerprint density at radius 3 is 2.00 bits per heavy atom. The Balaban J connectivity index is 3.11. The first-order chi connectivity index (χ1) is 17.0. The van der Waals surface area contributed by atoms with Gasteiger partial charge in [-0.25, -0.2) is 4.79 Å². The molecule has 0 radical (unpaired) electrons. The average Bonchev–Trinajstić information content (AvgIpc) is 2.81. The number of hydrogen-bond acceptors (Lipinski definition) is 7. The van der Waals surface area contributed by atoms with Gasteiger partial charge in [-0.15, -0.1) is 0 Å². The highest BCUT2D eigenvalue weighted by atomic mass is 16.4. The molecule has 200 valence electrons. The van der Waals surface area contributed by atoms with Gasteiger partial charge < -0.3 is 38.3 Å².